The molecule has 3 rings (SSSR count). The van der Waals surface area contributed by atoms with Crippen LogP contribution in [0.25, 0.3) is 5.76 Å². The van der Waals surface area contributed by atoms with Crippen molar-refractivity contribution in [2.45, 2.75) is 16.0 Å². The van der Waals surface area contributed by atoms with Gasteiger partial charge in [-0.3, -0.25) is 9.89 Å². The van der Waals surface area contributed by atoms with E-state index in [1.54, 1.807) is 0 Å². The molecule has 10 heteroatoms. The van der Waals surface area contributed by atoms with Crippen molar-refractivity contribution in [3.8, 4) is 0 Å². The molecule has 0 aliphatic rings. The Labute approximate surface area is 148 Å². The number of nitrogens with zero attached hydrogens (tertiary/aromatic N) is 2. The molecule has 0 unspecified atom stereocenters. The minimum atomic E-state index is -4.46. The Balaban J connectivity index is 1.84. The van der Waals surface area contributed by atoms with Crippen LogP contribution in [-0.4, -0.2) is 26.1 Å². The van der Waals surface area contributed by atoms with Gasteiger partial charge in [-0.15, -0.1) is 0 Å². The smallest absolute Gasteiger partial charge is 0.416 e. The number of nitrogens with one attached hydrogen (secondary N) is 1. The highest BCUT2D eigenvalue weighted by Gasteiger charge is 2.30. The maximum absolute atomic E-state index is 12.8. The number of furan rings is 1. The van der Waals surface area contributed by atoms with Gasteiger partial charge in [0.2, 0.25) is 5.78 Å². The van der Waals surface area contributed by atoms with Crippen LogP contribution in [0.3, 0.4) is 0 Å². The van der Waals surface area contributed by atoms with E-state index < -0.39 is 23.3 Å². The first-order valence-corrected chi connectivity index (χ1v) is 7.88. The Kier molecular flexibility index (Phi) is 4.85. The number of carbonyl (C=O) groups excluding carboxylic acids is 1. The molecule has 0 amide bonds. The number of H-pyrrole nitrogens is 1. The van der Waals surface area contributed by atoms with E-state index in [1.165, 1.54) is 24.7 Å². The van der Waals surface area contributed by atoms with Crippen molar-refractivity contribution in [2.24, 2.45) is 0 Å². The average Bonchev–Trinajstić information content (AvgIpc) is 3.26. The van der Waals surface area contributed by atoms with Gasteiger partial charge in [-0.1, -0.05) is 17.8 Å². The number of halogens is 3. The number of aliphatic hydroxyl groups excluding tert-OH is 1. The second kappa shape index (κ2) is 7.08. The van der Waals surface area contributed by atoms with Gasteiger partial charge in [0.1, 0.15) is 24.6 Å². The number of allylic oxidation sites excluding steroid dienone is 1. The van der Waals surface area contributed by atoms with Gasteiger partial charge in [0.15, 0.2) is 5.82 Å². The highest BCUT2D eigenvalue weighted by molar-refractivity contribution is 7.99. The van der Waals surface area contributed by atoms with Crippen molar-refractivity contribution in [3.63, 3.8) is 0 Å². The number of aromatic nitrogens is 3. The van der Waals surface area contributed by atoms with Gasteiger partial charge in [0.25, 0.3) is 0 Å². The second-order valence-corrected chi connectivity index (χ2v) is 6.12. The number of hydrogen-bond acceptors (Lipinski definition) is 6. The van der Waals surface area contributed by atoms with Crippen LogP contribution in [-0.2, 0) is 6.18 Å². The van der Waals surface area contributed by atoms with Crippen LogP contribution in [0.15, 0.2) is 63.4 Å². The molecule has 1 aromatic carbocycles. The summed E-state index contributed by atoms with van der Waals surface area (Å²) in [6.45, 7) is 0. The zero-order valence-electron chi connectivity index (χ0n) is 12.8. The molecule has 0 fully saturated rings. The topological polar surface area (TPSA) is 92.0 Å². The first kappa shape index (κ1) is 17.8. The zero-order valence-corrected chi connectivity index (χ0v) is 13.6. The molecule has 26 heavy (non-hydrogen) atoms. The molecule has 2 N–H and O–H groups in total. The third-order valence-electron chi connectivity index (χ3n) is 3.21. The Morgan fingerprint density at radius 2 is 2.12 bits per heavy atom. The van der Waals surface area contributed by atoms with Crippen molar-refractivity contribution < 1.29 is 27.5 Å². The SMILES string of the molecule is O=C(C=C(O)c1cocc1Sc1cccc(C(F)(F)F)c1)c1ncn[nH]1. The molecule has 0 saturated heterocycles. The summed E-state index contributed by atoms with van der Waals surface area (Å²) < 4.78 is 43.4. The minimum absolute atomic E-state index is 0.0628. The lowest BCUT2D eigenvalue weighted by Gasteiger charge is -2.08. The van der Waals surface area contributed by atoms with E-state index in [2.05, 4.69) is 15.2 Å². The molecule has 0 spiro atoms. The number of ketones is 1. The Bertz CT molecular complexity index is 949. The largest absolute Gasteiger partial charge is 0.507 e. The number of aromatic amines is 1. The van der Waals surface area contributed by atoms with Crippen LogP contribution in [0, 0.1) is 0 Å². The monoisotopic (exact) mass is 381 g/mol. The van der Waals surface area contributed by atoms with Crippen molar-refractivity contribution in [1.82, 2.24) is 15.2 Å². The quantitative estimate of drug-likeness (QED) is 0.388. The third-order valence-corrected chi connectivity index (χ3v) is 4.23. The molecule has 0 radical (unpaired) electrons. The maximum atomic E-state index is 12.8. The maximum Gasteiger partial charge on any atom is 0.416 e. The second-order valence-electron chi connectivity index (χ2n) is 5.01. The average molecular weight is 381 g/mol. The normalized spacial score (nSPS) is 12.3. The van der Waals surface area contributed by atoms with Gasteiger partial charge in [-0.25, -0.2) is 4.98 Å². The molecule has 0 atom stereocenters. The fourth-order valence-electron chi connectivity index (χ4n) is 2.01. The van der Waals surface area contributed by atoms with E-state index in [1.807, 2.05) is 0 Å². The number of carbonyl (C=O) groups is 1. The Hall–Kier alpha value is -3.01. The van der Waals surface area contributed by atoms with Crippen molar-refractivity contribution in [2.75, 3.05) is 0 Å². The van der Waals surface area contributed by atoms with E-state index in [0.29, 0.717) is 9.79 Å². The number of benzene rings is 1. The van der Waals surface area contributed by atoms with Gasteiger partial charge in [0, 0.05) is 11.0 Å². The summed E-state index contributed by atoms with van der Waals surface area (Å²) in [5.41, 5.74) is -0.618. The molecule has 2 aromatic heterocycles. The minimum Gasteiger partial charge on any atom is -0.507 e. The number of rotatable bonds is 5. The van der Waals surface area contributed by atoms with E-state index in [4.69, 9.17) is 4.42 Å². The zero-order chi connectivity index (χ0) is 18.7. The fraction of sp³-hybridized carbons (Fsp3) is 0.0625. The summed E-state index contributed by atoms with van der Waals surface area (Å²) >= 11 is 0.962. The molecular weight excluding hydrogens is 371 g/mol. The summed E-state index contributed by atoms with van der Waals surface area (Å²) in [5.74, 6) is -1.09. The highest BCUT2D eigenvalue weighted by atomic mass is 32.2. The summed E-state index contributed by atoms with van der Waals surface area (Å²) in [5, 5.41) is 16.0. The van der Waals surface area contributed by atoms with E-state index in [0.717, 1.165) is 36.3 Å². The van der Waals surface area contributed by atoms with Gasteiger partial charge >= 0.3 is 6.18 Å². The van der Waals surface area contributed by atoms with E-state index in [-0.39, 0.29) is 11.4 Å². The van der Waals surface area contributed by atoms with Crippen molar-refractivity contribution in [1.29, 1.82) is 0 Å². The predicted octanol–water partition coefficient (Wildman–Crippen LogP) is 4.35. The van der Waals surface area contributed by atoms with Gasteiger partial charge in [-0.05, 0) is 18.2 Å². The highest BCUT2D eigenvalue weighted by Crippen LogP contribution is 2.37. The van der Waals surface area contributed by atoms with Crippen LogP contribution in [0.2, 0.25) is 0 Å². The summed E-state index contributed by atoms with van der Waals surface area (Å²) in [6.07, 6.45) is 0.0620. The van der Waals surface area contributed by atoms with Gasteiger partial charge in [-0.2, -0.15) is 18.3 Å². The summed E-state index contributed by atoms with van der Waals surface area (Å²) in [6, 6.07) is 4.74. The standard InChI is InChI=1S/C16H10F3N3O3S/c17-16(18,19)9-2-1-3-10(4-9)26-14-7-25-6-11(14)12(23)5-13(24)15-20-8-21-22-15/h1-8,23H,(H,20,21,22). The molecule has 0 bridgehead atoms. The predicted molar refractivity (Wildman–Crippen MR) is 85.6 cm³/mol. The molecular formula is C16H10F3N3O3S. The number of hydrogen-bond donors (Lipinski definition) is 2. The van der Waals surface area contributed by atoms with Crippen LogP contribution in [0.4, 0.5) is 13.2 Å². The lowest BCUT2D eigenvalue weighted by atomic mass is 10.2. The Morgan fingerprint density at radius 1 is 1.31 bits per heavy atom. The van der Waals surface area contributed by atoms with Gasteiger partial charge < -0.3 is 9.52 Å². The fourth-order valence-corrected chi connectivity index (χ4v) is 2.96. The molecule has 0 saturated carbocycles. The van der Waals surface area contributed by atoms with Crippen molar-refractivity contribution in [3.05, 3.63) is 66.1 Å². The first-order chi connectivity index (χ1) is 12.3. The van der Waals surface area contributed by atoms with E-state index >= 15 is 0 Å². The Morgan fingerprint density at radius 3 is 2.81 bits per heavy atom. The third kappa shape index (κ3) is 3.97. The van der Waals surface area contributed by atoms with Crippen molar-refractivity contribution >= 4 is 23.3 Å². The summed E-state index contributed by atoms with van der Waals surface area (Å²) in [7, 11) is 0. The molecule has 6 nitrogen and oxygen atoms in total. The van der Waals surface area contributed by atoms with E-state index in [9.17, 15) is 23.1 Å². The molecule has 0 aliphatic carbocycles. The van der Waals surface area contributed by atoms with Crippen LogP contribution in [0.1, 0.15) is 21.7 Å². The molecule has 3 aromatic rings. The molecule has 0 aliphatic heterocycles. The lowest BCUT2D eigenvalue weighted by Crippen LogP contribution is -2.04. The molecule has 134 valence electrons. The van der Waals surface area contributed by atoms with Crippen LogP contribution in [0.5, 0.6) is 0 Å². The summed E-state index contributed by atoms with van der Waals surface area (Å²) in [4.78, 5) is 16.2. The lowest BCUT2D eigenvalue weighted by molar-refractivity contribution is -0.137. The van der Waals surface area contributed by atoms with Gasteiger partial charge in [0.05, 0.1) is 16.0 Å². The molecule has 2 heterocycles. The number of aliphatic hydroxyl groups is 1. The van der Waals surface area contributed by atoms with Crippen LogP contribution < -0.4 is 0 Å². The first-order valence-electron chi connectivity index (χ1n) is 7.06. The number of alkyl halides is 3. The van der Waals surface area contributed by atoms with Crippen LogP contribution >= 0.6 is 11.8 Å².